The number of carboxylic acid groups (broad SMARTS) is 1. The van der Waals surface area contributed by atoms with Crippen LogP contribution >= 0.6 is 0 Å². The van der Waals surface area contributed by atoms with Crippen molar-refractivity contribution in [2.24, 2.45) is 0 Å². The summed E-state index contributed by atoms with van der Waals surface area (Å²) in [6.07, 6.45) is 0. The molecule has 4 aromatic carbocycles. The standard InChI is InChI=1S/C20H12N2O2.C9H11NO5S.2Na/c23-19-11-5-1-3-7-15(11)21-17-10-14-18(9-13(17)19)22-16-8-4-2-6-12(16)20(14)24;1-2-10-8-4-3-6(16(13,14)15)5-7(8)9(11)12;;/h1-10H,(H,21,23)(H,22,24);3-5,10H,2H2,1H3,(H,11,12)(H,13,14,15);;/q;;2*+1/p-2. The molecule has 3 N–H and O–H groups in total. The van der Waals surface area contributed by atoms with Gasteiger partial charge in [-0.05, 0) is 61.5 Å². The van der Waals surface area contributed by atoms with Crippen LogP contribution in [-0.2, 0) is 10.1 Å². The van der Waals surface area contributed by atoms with Crippen molar-refractivity contribution in [3.8, 4) is 0 Å². The summed E-state index contributed by atoms with van der Waals surface area (Å²) in [6.45, 7) is 2.21. The molecule has 10 nitrogen and oxygen atoms in total. The van der Waals surface area contributed by atoms with Crippen LogP contribution in [0, 0.1) is 0 Å². The second kappa shape index (κ2) is 13.5. The summed E-state index contributed by atoms with van der Waals surface area (Å²) in [6, 6.07) is 21.4. The van der Waals surface area contributed by atoms with Crippen molar-refractivity contribution in [1.82, 2.24) is 9.97 Å². The molecule has 13 heteroatoms. The molecule has 0 saturated heterocycles. The molecule has 42 heavy (non-hydrogen) atoms. The topological polar surface area (TPSA) is 175 Å². The predicted octanol–water partition coefficient (Wildman–Crippen LogP) is -2.93. The molecule has 2 aromatic heterocycles. The van der Waals surface area contributed by atoms with E-state index in [2.05, 4.69) is 15.3 Å². The number of carbonyl (C=O) groups is 1. The van der Waals surface area contributed by atoms with Crippen molar-refractivity contribution in [1.29, 1.82) is 0 Å². The number of rotatable bonds is 4. The molecule has 6 rings (SSSR count). The number of nitrogens with one attached hydrogen (secondary N) is 3. The monoisotopic (exact) mass is 601 g/mol. The summed E-state index contributed by atoms with van der Waals surface area (Å²) in [5.74, 6) is -1.54. The number of H-pyrrole nitrogens is 2. The van der Waals surface area contributed by atoms with Crippen molar-refractivity contribution in [2.45, 2.75) is 11.8 Å². The first kappa shape index (κ1) is 33.5. The molecule has 0 atom stereocenters. The van der Waals surface area contributed by atoms with Gasteiger partial charge in [0, 0.05) is 50.4 Å². The van der Waals surface area contributed by atoms with Crippen LogP contribution in [0.2, 0.25) is 0 Å². The third-order valence-corrected chi connectivity index (χ3v) is 7.23. The zero-order chi connectivity index (χ0) is 28.6. The van der Waals surface area contributed by atoms with Crippen LogP contribution in [-0.4, -0.2) is 35.5 Å². The Kier molecular flexibility index (Phi) is 10.8. The molecular weight excluding hydrogens is 580 g/mol. The minimum atomic E-state index is -4.66. The fourth-order valence-corrected chi connectivity index (χ4v) is 5.03. The molecule has 2 heterocycles. The maximum absolute atomic E-state index is 12.8. The van der Waals surface area contributed by atoms with Crippen molar-refractivity contribution < 1.29 is 82.0 Å². The Labute approximate surface area is 283 Å². The number of aromatic amines is 2. The number of aromatic nitrogens is 2. The van der Waals surface area contributed by atoms with Crippen LogP contribution in [0.5, 0.6) is 0 Å². The van der Waals surface area contributed by atoms with Crippen LogP contribution in [0.1, 0.15) is 17.3 Å². The SMILES string of the molecule is CCNc1ccc(S(=O)(=O)[O-])cc1C(=O)[O-].O=c1c2ccccc2[nH]c2cc3c(=O)c4ccccc4[nH]c3cc12.[Na+].[Na+]. The number of carboxylic acids is 1. The molecule has 0 radical (unpaired) electrons. The normalized spacial score (nSPS) is 10.9. The van der Waals surface area contributed by atoms with Gasteiger partial charge in [-0.15, -0.1) is 0 Å². The van der Waals surface area contributed by atoms with Gasteiger partial charge in [0.15, 0.2) is 10.9 Å². The fraction of sp³-hybridized carbons (Fsp3) is 0.0690. The molecule has 0 spiro atoms. The Hall–Kier alpha value is -3.00. The fourth-order valence-electron chi connectivity index (χ4n) is 4.54. The van der Waals surface area contributed by atoms with Crippen LogP contribution in [0.4, 0.5) is 5.69 Å². The van der Waals surface area contributed by atoms with E-state index in [-0.39, 0.29) is 81.2 Å². The minimum Gasteiger partial charge on any atom is -0.744 e. The van der Waals surface area contributed by atoms with Gasteiger partial charge in [-0.1, -0.05) is 24.3 Å². The number of fused-ring (bicyclic) bond motifs is 4. The first-order valence-electron chi connectivity index (χ1n) is 12.1. The quantitative estimate of drug-likeness (QED) is 0.109. The molecule has 0 unspecified atom stereocenters. The Morgan fingerprint density at radius 1 is 0.738 bits per heavy atom. The molecule has 0 aliphatic heterocycles. The number of carbonyl (C=O) groups excluding carboxylic acids is 1. The van der Waals surface area contributed by atoms with Crippen LogP contribution in [0.3, 0.4) is 0 Å². The molecule has 0 bridgehead atoms. The van der Waals surface area contributed by atoms with E-state index < -0.39 is 21.0 Å². The van der Waals surface area contributed by atoms with E-state index in [4.69, 9.17) is 0 Å². The Morgan fingerprint density at radius 2 is 1.21 bits per heavy atom. The van der Waals surface area contributed by atoms with Gasteiger partial charge >= 0.3 is 59.1 Å². The zero-order valence-electron chi connectivity index (χ0n) is 23.0. The van der Waals surface area contributed by atoms with Crippen molar-refractivity contribution in [3.63, 3.8) is 0 Å². The van der Waals surface area contributed by atoms with E-state index in [1.807, 2.05) is 36.4 Å². The number of para-hydroxylation sites is 2. The average Bonchev–Trinajstić information content (AvgIpc) is 2.93. The third-order valence-electron chi connectivity index (χ3n) is 6.40. The largest absolute Gasteiger partial charge is 1.00 e. The smallest absolute Gasteiger partial charge is 0.744 e. The average molecular weight is 602 g/mol. The van der Waals surface area contributed by atoms with Gasteiger partial charge in [-0.3, -0.25) is 9.59 Å². The number of aromatic carboxylic acids is 1. The number of pyridine rings is 2. The van der Waals surface area contributed by atoms with E-state index >= 15 is 0 Å². The number of hydrogen-bond donors (Lipinski definition) is 3. The molecule has 0 saturated carbocycles. The zero-order valence-corrected chi connectivity index (χ0v) is 27.8. The first-order valence-corrected chi connectivity index (χ1v) is 13.5. The van der Waals surface area contributed by atoms with Crippen molar-refractivity contribution in [2.75, 3.05) is 11.9 Å². The molecule has 0 amide bonds. The summed E-state index contributed by atoms with van der Waals surface area (Å²) < 4.78 is 32.1. The Morgan fingerprint density at radius 3 is 1.64 bits per heavy atom. The first-order chi connectivity index (χ1) is 19.1. The van der Waals surface area contributed by atoms with E-state index in [0.29, 0.717) is 39.1 Å². The molecule has 202 valence electrons. The summed E-state index contributed by atoms with van der Waals surface area (Å²) in [5.41, 5.74) is 2.69. The third kappa shape index (κ3) is 6.64. The minimum absolute atomic E-state index is 0. The number of benzene rings is 4. The Balaban J connectivity index is 0.000000239. The molecule has 0 aliphatic carbocycles. The van der Waals surface area contributed by atoms with Gasteiger partial charge in [0.2, 0.25) is 0 Å². The van der Waals surface area contributed by atoms with Gasteiger partial charge in [0.25, 0.3) is 0 Å². The second-order valence-electron chi connectivity index (χ2n) is 8.92. The maximum Gasteiger partial charge on any atom is 1.00 e. The maximum atomic E-state index is 12.8. The van der Waals surface area contributed by atoms with Crippen LogP contribution in [0.25, 0.3) is 43.6 Å². The van der Waals surface area contributed by atoms with Gasteiger partial charge in [0.05, 0.1) is 21.9 Å². The van der Waals surface area contributed by atoms with E-state index in [9.17, 15) is 32.5 Å². The summed E-state index contributed by atoms with van der Waals surface area (Å²) in [7, 11) is -4.66. The van der Waals surface area contributed by atoms with Crippen LogP contribution < -0.4 is 80.4 Å². The number of hydrogen-bond acceptors (Lipinski definition) is 8. The molecule has 0 aliphatic rings. The van der Waals surface area contributed by atoms with Gasteiger partial charge in [-0.2, -0.15) is 0 Å². The molecule has 0 fully saturated rings. The van der Waals surface area contributed by atoms with E-state index in [0.717, 1.165) is 23.2 Å². The van der Waals surface area contributed by atoms with Crippen molar-refractivity contribution in [3.05, 3.63) is 105 Å². The van der Waals surface area contributed by atoms with E-state index in [1.165, 1.54) is 6.07 Å². The molecular formula is C29H21N3Na2O7S. The second-order valence-corrected chi connectivity index (χ2v) is 10.3. The van der Waals surface area contributed by atoms with Gasteiger partial charge in [-0.25, -0.2) is 8.42 Å². The van der Waals surface area contributed by atoms with Crippen LogP contribution in [0.15, 0.2) is 93.3 Å². The van der Waals surface area contributed by atoms with Gasteiger partial charge < -0.3 is 29.7 Å². The van der Waals surface area contributed by atoms with Crippen molar-refractivity contribution >= 4 is 65.4 Å². The number of anilines is 1. The summed E-state index contributed by atoms with van der Waals surface area (Å²) in [4.78, 5) is 42.2. The summed E-state index contributed by atoms with van der Waals surface area (Å²) in [5, 5.41) is 15.9. The molecule has 6 aromatic rings. The van der Waals surface area contributed by atoms with Gasteiger partial charge in [0.1, 0.15) is 10.1 Å². The summed E-state index contributed by atoms with van der Waals surface area (Å²) >= 11 is 0. The van der Waals surface area contributed by atoms with E-state index in [1.54, 1.807) is 31.2 Å². The Bertz CT molecular complexity index is 2090. The predicted molar refractivity (Wildman–Crippen MR) is 151 cm³/mol.